The molecule has 0 saturated heterocycles. The molecule has 0 heterocycles. The van der Waals surface area contributed by atoms with Crippen molar-refractivity contribution in [1.29, 1.82) is 0 Å². The van der Waals surface area contributed by atoms with Gasteiger partial charge < -0.3 is 10.0 Å². The number of carboxylic acids is 1. The number of carbonyl (C=O) groups is 2. The molecular weight excluding hydrogens is 261 g/mol. The monoisotopic (exact) mass is 281 g/mol. The summed E-state index contributed by atoms with van der Waals surface area (Å²) in [7, 11) is 0. The molecule has 0 fully saturated rings. The highest BCUT2D eigenvalue weighted by molar-refractivity contribution is 5.95. The van der Waals surface area contributed by atoms with E-state index in [0.717, 1.165) is 0 Å². The fraction of sp³-hybridized carbons (Fsp3) is 0.467. The predicted octanol–water partition coefficient (Wildman–Crippen LogP) is 2.71. The average molecular weight is 281 g/mol. The van der Waals surface area contributed by atoms with Crippen molar-refractivity contribution in [2.75, 3.05) is 13.1 Å². The topological polar surface area (TPSA) is 57.6 Å². The maximum Gasteiger partial charge on any atom is 0.305 e. The number of benzene rings is 1. The lowest BCUT2D eigenvalue weighted by atomic mass is 10.1. The van der Waals surface area contributed by atoms with Gasteiger partial charge in [-0.25, -0.2) is 4.39 Å². The van der Waals surface area contributed by atoms with Crippen LogP contribution in [0.5, 0.6) is 0 Å². The van der Waals surface area contributed by atoms with Crippen LogP contribution in [-0.4, -0.2) is 35.0 Å². The number of halogens is 1. The highest BCUT2D eigenvalue weighted by atomic mass is 19.1. The van der Waals surface area contributed by atoms with E-state index in [0.29, 0.717) is 17.7 Å². The Bertz CT molecular complexity index is 500. The number of aliphatic carboxylic acids is 1. The van der Waals surface area contributed by atoms with Crippen molar-refractivity contribution in [3.63, 3.8) is 0 Å². The molecule has 0 aliphatic heterocycles. The Morgan fingerprint density at radius 2 is 2.00 bits per heavy atom. The van der Waals surface area contributed by atoms with E-state index in [-0.39, 0.29) is 30.6 Å². The SMILES string of the molecule is Cc1cc(F)ccc1C(=O)N(CCC(=O)O)CC(C)C. The third kappa shape index (κ3) is 4.64. The van der Waals surface area contributed by atoms with Gasteiger partial charge in [-0.1, -0.05) is 13.8 Å². The summed E-state index contributed by atoms with van der Waals surface area (Å²) >= 11 is 0. The minimum Gasteiger partial charge on any atom is -0.481 e. The summed E-state index contributed by atoms with van der Waals surface area (Å²) in [5.41, 5.74) is 0.969. The molecule has 1 rings (SSSR count). The minimum atomic E-state index is -0.942. The van der Waals surface area contributed by atoms with Gasteiger partial charge in [0.2, 0.25) is 0 Å². The van der Waals surface area contributed by atoms with Gasteiger partial charge >= 0.3 is 5.97 Å². The molecule has 1 N–H and O–H groups in total. The van der Waals surface area contributed by atoms with E-state index in [9.17, 15) is 14.0 Å². The summed E-state index contributed by atoms with van der Waals surface area (Å²) in [4.78, 5) is 24.6. The second-order valence-corrected chi connectivity index (χ2v) is 5.25. The minimum absolute atomic E-state index is 0.0985. The molecule has 0 atom stereocenters. The molecule has 1 aromatic rings. The van der Waals surface area contributed by atoms with Crippen LogP contribution >= 0.6 is 0 Å². The molecule has 1 amide bonds. The van der Waals surface area contributed by atoms with Crippen LogP contribution in [0, 0.1) is 18.7 Å². The van der Waals surface area contributed by atoms with E-state index in [1.807, 2.05) is 13.8 Å². The van der Waals surface area contributed by atoms with Gasteiger partial charge in [0.05, 0.1) is 6.42 Å². The number of amides is 1. The molecule has 0 aromatic heterocycles. The Morgan fingerprint density at radius 1 is 1.35 bits per heavy atom. The Hall–Kier alpha value is -1.91. The molecule has 0 aliphatic carbocycles. The standard InChI is InChI=1S/C15H20FNO3/c1-10(2)9-17(7-6-14(18)19)15(20)13-5-4-12(16)8-11(13)3/h4-5,8,10H,6-7,9H2,1-3H3,(H,18,19). The van der Waals surface area contributed by atoms with Gasteiger partial charge in [0.25, 0.3) is 5.91 Å². The molecule has 1 aromatic carbocycles. The first-order valence-electron chi connectivity index (χ1n) is 6.58. The van der Waals surface area contributed by atoms with Gasteiger partial charge in [-0.05, 0) is 36.6 Å². The third-order valence-corrected chi connectivity index (χ3v) is 2.89. The van der Waals surface area contributed by atoms with Crippen LogP contribution in [0.25, 0.3) is 0 Å². The number of hydrogen-bond acceptors (Lipinski definition) is 2. The van der Waals surface area contributed by atoms with Crippen LogP contribution in [0.2, 0.25) is 0 Å². The highest BCUT2D eigenvalue weighted by Crippen LogP contribution is 2.14. The third-order valence-electron chi connectivity index (χ3n) is 2.89. The summed E-state index contributed by atoms with van der Waals surface area (Å²) in [5.74, 6) is -1.35. The van der Waals surface area contributed by atoms with Gasteiger partial charge in [-0.2, -0.15) is 0 Å². The fourth-order valence-electron chi connectivity index (χ4n) is 1.98. The molecule has 0 bridgehead atoms. The molecule has 110 valence electrons. The van der Waals surface area contributed by atoms with Gasteiger partial charge in [0.15, 0.2) is 0 Å². The average Bonchev–Trinajstić information content (AvgIpc) is 2.33. The Balaban J connectivity index is 2.93. The van der Waals surface area contributed by atoms with Gasteiger partial charge in [-0.3, -0.25) is 9.59 Å². The van der Waals surface area contributed by atoms with Gasteiger partial charge in [0, 0.05) is 18.7 Å². The Labute approximate surface area is 118 Å². The number of carbonyl (C=O) groups excluding carboxylic acids is 1. The number of carboxylic acid groups (broad SMARTS) is 1. The summed E-state index contributed by atoms with van der Waals surface area (Å²) < 4.78 is 13.1. The van der Waals surface area contributed by atoms with Crippen LogP contribution in [0.4, 0.5) is 4.39 Å². The molecule has 0 spiro atoms. The molecule has 0 aliphatic rings. The van der Waals surface area contributed by atoms with E-state index in [1.54, 1.807) is 6.92 Å². The fourth-order valence-corrected chi connectivity index (χ4v) is 1.98. The van der Waals surface area contributed by atoms with Crippen LogP contribution in [0.15, 0.2) is 18.2 Å². The molecule has 20 heavy (non-hydrogen) atoms. The largest absolute Gasteiger partial charge is 0.481 e. The molecule has 0 saturated carbocycles. The van der Waals surface area contributed by atoms with Crippen molar-refractivity contribution in [2.24, 2.45) is 5.92 Å². The van der Waals surface area contributed by atoms with Crippen molar-refractivity contribution < 1.29 is 19.1 Å². The lowest BCUT2D eigenvalue weighted by molar-refractivity contribution is -0.137. The molecular formula is C15H20FNO3. The number of aryl methyl sites for hydroxylation is 1. The smallest absolute Gasteiger partial charge is 0.305 e. The zero-order valence-electron chi connectivity index (χ0n) is 12.0. The first-order valence-corrected chi connectivity index (χ1v) is 6.58. The van der Waals surface area contributed by atoms with E-state index in [1.165, 1.54) is 23.1 Å². The first-order chi connectivity index (χ1) is 9.31. The van der Waals surface area contributed by atoms with Crippen LogP contribution in [-0.2, 0) is 4.79 Å². The van der Waals surface area contributed by atoms with Crippen molar-refractivity contribution in [3.05, 3.63) is 35.1 Å². The molecule has 4 nitrogen and oxygen atoms in total. The van der Waals surface area contributed by atoms with Crippen molar-refractivity contribution in [2.45, 2.75) is 27.2 Å². The van der Waals surface area contributed by atoms with E-state index in [2.05, 4.69) is 0 Å². The predicted molar refractivity (Wildman–Crippen MR) is 74.1 cm³/mol. The summed E-state index contributed by atoms with van der Waals surface area (Å²) in [6, 6.07) is 3.99. The van der Waals surface area contributed by atoms with E-state index >= 15 is 0 Å². The summed E-state index contributed by atoms with van der Waals surface area (Å²) in [6.45, 7) is 6.21. The van der Waals surface area contributed by atoms with Crippen LogP contribution in [0.3, 0.4) is 0 Å². The summed E-state index contributed by atoms with van der Waals surface area (Å²) in [5, 5.41) is 8.75. The second kappa shape index (κ2) is 7.03. The molecule has 5 heteroatoms. The maximum atomic E-state index is 13.1. The zero-order valence-corrected chi connectivity index (χ0v) is 12.0. The van der Waals surface area contributed by atoms with E-state index < -0.39 is 5.97 Å². The normalized spacial score (nSPS) is 10.7. The molecule has 0 unspecified atom stereocenters. The van der Waals surface area contributed by atoms with Crippen LogP contribution < -0.4 is 0 Å². The van der Waals surface area contributed by atoms with Crippen LogP contribution in [0.1, 0.15) is 36.2 Å². The molecule has 0 radical (unpaired) electrons. The number of hydrogen-bond donors (Lipinski definition) is 1. The number of nitrogens with zero attached hydrogens (tertiary/aromatic N) is 1. The second-order valence-electron chi connectivity index (χ2n) is 5.25. The lowest BCUT2D eigenvalue weighted by Gasteiger charge is -2.24. The van der Waals surface area contributed by atoms with Gasteiger partial charge in [-0.15, -0.1) is 0 Å². The Morgan fingerprint density at radius 3 is 2.50 bits per heavy atom. The van der Waals surface area contributed by atoms with Crippen molar-refractivity contribution in [1.82, 2.24) is 4.90 Å². The quantitative estimate of drug-likeness (QED) is 0.872. The lowest BCUT2D eigenvalue weighted by Crippen LogP contribution is -2.36. The first kappa shape index (κ1) is 16.1. The Kier molecular flexibility index (Phi) is 5.67. The summed E-state index contributed by atoms with van der Waals surface area (Å²) in [6.07, 6.45) is -0.0985. The zero-order chi connectivity index (χ0) is 15.3. The highest BCUT2D eigenvalue weighted by Gasteiger charge is 2.19. The van der Waals surface area contributed by atoms with Crippen molar-refractivity contribution >= 4 is 11.9 Å². The maximum absolute atomic E-state index is 13.1. The number of rotatable bonds is 6. The van der Waals surface area contributed by atoms with Crippen molar-refractivity contribution in [3.8, 4) is 0 Å². The van der Waals surface area contributed by atoms with E-state index in [4.69, 9.17) is 5.11 Å². The van der Waals surface area contributed by atoms with Gasteiger partial charge in [0.1, 0.15) is 5.82 Å².